The Morgan fingerprint density at radius 1 is 1.33 bits per heavy atom. The van der Waals surface area contributed by atoms with Gasteiger partial charge >= 0.3 is 12.0 Å². The molecule has 3 N–H and O–H groups in total. The number of methoxy groups -OCH3 is 1. The second-order valence-electron chi connectivity index (χ2n) is 4.29. The Hall–Kier alpha value is -1.34. The monoisotopic (exact) mass is 262 g/mol. The van der Waals surface area contributed by atoms with Crippen molar-refractivity contribution in [2.45, 2.75) is 39.0 Å². The molecule has 7 nitrogen and oxygen atoms in total. The van der Waals surface area contributed by atoms with Crippen LogP contribution in [0.15, 0.2) is 0 Å². The number of hydrogen-bond donors (Lipinski definition) is 3. The number of aliphatic carboxylic acids is 1. The smallest absolute Gasteiger partial charge is 0.328 e. The van der Waals surface area contributed by atoms with Crippen LogP contribution in [-0.4, -0.2) is 65.6 Å². The lowest BCUT2D eigenvalue weighted by atomic mass is 10.2. The molecule has 2 unspecified atom stereocenters. The third kappa shape index (κ3) is 5.33. The number of carboxylic acid groups (broad SMARTS) is 1. The van der Waals surface area contributed by atoms with Gasteiger partial charge in [-0.15, -0.1) is 0 Å². The summed E-state index contributed by atoms with van der Waals surface area (Å²) in [5.74, 6) is -1.27. The van der Waals surface area contributed by atoms with Gasteiger partial charge in [-0.1, -0.05) is 0 Å². The maximum absolute atomic E-state index is 11.9. The first-order chi connectivity index (χ1) is 8.31. The predicted molar refractivity (Wildman–Crippen MR) is 65.4 cm³/mol. The lowest BCUT2D eigenvalue weighted by Gasteiger charge is -2.28. The standard InChI is InChI=1S/C11H22N2O5/c1-7(2)13(5-6-18-4)11(17)12-9(8(3)14)10(15)16/h7-9,14H,5-6H2,1-4H3,(H,12,17)(H,15,16). The molecule has 106 valence electrons. The average molecular weight is 262 g/mol. The molecular formula is C11H22N2O5. The highest BCUT2D eigenvalue weighted by atomic mass is 16.5. The molecule has 0 bridgehead atoms. The molecule has 0 radical (unpaired) electrons. The number of hydrogen-bond acceptors (Lipinski definition) is 4. The highest BCUT2D eigenvalue weighted by Crippen LogP contribution is 2.01. The van der Waals surface area contributed by atoms with Crippen LogP contribution in [-0.2, 0) is 9.53 Å². The highest BCUT2D eigenvalue weighted by Gasteiger charge is 2.27. The third-order valence-electron chi connectivity index (χ3n) is 2.45. The first kappa shape index (κ1) is 16.7. The number of aliphatic hydroxyl groups excluding tert-OH is 1. The molecule has 0 aromatic carbocycles. The number of carboxylic acids is 1. The molecule has 0 saturated carbocycles. The zero-order chi connectivity index (χ0) is 14.3. The molecular weight excluding hydrogens is 240 g/mol. The van der Waals surface area contributed by atoms with Crippen LogP contribution in [0, 0.1) is 0 Å². The largest absolute Gasteiger partial charge is 0.480 e. The summed E-state index contributed by atoms with van der Waals surface area (Å²) in [5.41, 5.74) is 0. The maximum atomic E-state index is 11.9. The Bertz CT molecular complexity index is 281. The number of carbonyl (C=O) groups excluding carboxylic acids is 1. The molecule has 0 spiro atoms. The Kier molecular flexibility index (Phi) is 7.30. The summed E-state index contributed by atoms with van der Waals surface area (Å²) in [7, 11) is 1.52. The fourth-order valence-electron chi connectivity index (χ4n) is 1.39. The SMILES string of the molecule is COCCN(C(=O)NC(C(=O)O)C(C)O)C(C)C. The summed E-state index contributed by atoms with van der Waals surface area (Å²) in [4.78, 5) is 24.2. The van der Waals surface area contributed by atoms with E-state index in [9.17, 15) is 14.7 Å². The molecule has 2 amide bonds. The number of nitrogens with one attached hydrogen (secondary N) is 1. The maximum Gasteiger partial charge on any atom is 0.328 e. The van der Waals surface area contributed by atoms with E-state index in [1.54, 1.807) is 0 Å². The van der Waals surface area contributed by atoms with E-state index in [1.165, 1.54) is 18.9 Å². The molecule has 18 heavy (non-hydrogen) atoms. The molecule has 0 saturated heterocycles. The predicted octanol–water partition coefficient (Wildman–Crippen LogP) is -0.113. The van der Waals surface area contributed by atoms with Crippen LogP contribution < -0.4 is 5.32 Å². The second-order valence-corrected chi connectivity index (χ2v) is 4.29. The van der Waals surface area contributed by atoms with Crippen molar-refractivity contribution in [2.24, 2.45) is 0 Å². The van der Waals surface area contributed by atoms with Crippen LogP contribution in [0.4, 0.5) is 4.79 Å². The van der Waals surface area contributed by atoms with Crippen LogP contribution in [0.5, 0.6) is 0 Å². The topological polar surface area (TPSA) is 99.1 Å². The molecule has 0 rings (SSSR count). The van der Waals surface area contributed by atoms with Gasteiger partial charge in [-0.3, -0.25) is 0 Å². The Morgan fingerprint density at radius 2 is 1.89 bits per heavy atom. The van der Waals surface area contributed by atoms with E-state index < -0.39 is 24.1 Å². The van der Waals surface area contributed by atoms with Gasteiger partial charge < -0.3 is 25.2 Å². The van der Waals surface area contributed by atoms with Crippen molar-refractivity contribution in [3.63, 3.8) is 0 Å². The van der Waals surface area contributed by atoms with Crippen LogP contribution in [0.3, 0.4) is 0 Å². The van der Waals surface area contributed by atoms with Crippen molar-refractivity contribution < 1.29 is 24.5 Å². The van der Waals surface area contributed by atoms with Gasteiger partial charge in [0.2, 0.25) is 0 Å². The Balaban J connectivity index is 4.62. The lowest BCUT2D eigenvalue weighted by molar-refractivity contribution is -0.141. The van der Waals surface area contributed by atoms with Crippen molar-refractivity contribution in [2.75, 3.05) is 20.3 Å². The molecule has 0 aromatic heterocycles. The zero-order valence-corrected chi connectivity index (χ0v) is 11.2. The van der Waals surface area contributed by atoms with Gasteiger partial charge in [0.1, 0.15) is 0 Å². The fraction of sp³-hybridized carbons (Fsp3) is 0.818. The quantitative estimate of drug-likeness (QED) is 0.594. The van der Waals surface area contributed by atoms with Gasteiger partial charge in [0.05, 0.1) is 12.7 Å². The van der Waals surface area contributed by atoms with E-state index in [1.807, 2.05) is 13.8 Å². The molecule has 0 fully saturated rings. The highest BCUT2D eigenvalue weighted by molar-refractivity contribution is 5.83. The van der Waals surface area contributed by atoms with Gasteiger partial charge in [-0.05, 0) is 20.8 Å². The van der Waals surface area contributed by atoms with Gasteiger partial charge in [0.15, 0.2) is 6.04 Å². The van der Waals surface area contributed by atoms with Crippen LogP contribution in [0.25, 0.3) is 0 Å². The molecule has 0 aliphatic heterocycles. The molecule has 2 atom stereocenters. The fourth-order valence-corrected chi connectivity index (χ4v) is 1.39. The van der Waals surface area contributed by atoms with E-state index in [-0.39, 0.29) is 6.04 Å². The molecule has 7 heteroatoms. The summed E-state index contributed by atoms with van der Waals surface area (Å²) < 4.78 is 4.89. The van der Waals surface area contributed by atoms with Crippen molar-refractivity contribution in [3.8, 4) is 0 Å². The summed E-state index contributed by atoms with van der Waals surface area (Å²) in [6.07, 6.45) is -1.16. The van der Waals surface area contributed by atoms with Crippen molar-refractivity contribution in [1.82, 2.24) is 10.2 Å². The minimum Gasteiger partial charge on any atom is -0.480 e. The minimum absolute atomic E-state index is 0.0939. The van der Waals surface area contributed by atoms with Crippen molar-refractivity contribution in [1.29, 1.82) is 0 Å². The number of aliphatic hydroxyl groups is 1. The number of ether oxygens (including phenoxy) is 1. The Labute approximate surface area is 107 Å². The normalized spacial score (nSPS) is 14.1. The zero-order valence-electron chi connectivity index (χ0n) is 11.2. The third-order valence-corrected chi connectivity index (χ3v) is 2.45. The molecule has 0 heterocycles. The van der Waals surface area contributed by atoms with Crippen molar-refractivity contribution >= 4 is 12.0 Å². The van der Waals surface area contributed by atoms with E-state index in [2.05, 4.69) is 5.32 Å². The van der Waals surface area contributed by atoms with E-state index in [4.69, 9.17) is 9.84 Å². The van der Waals surface area contributed by atoms with Crippen LogP contribution in [0.2, 0.25) is 0 Å². The van der Waals surface area contributed by atoms with Crippen LogP contribution >= 0.6 is 0 Å². The summed E-state index contributed by atoms with van der Waals surface area (Å²) in [5, 5.41) is 20.4. The van der Waals surface area contributed by atoms with Crippen LogP contribution in [0.1, 0.15) is 20.8 Å². The number of urea groups is 1. The van der Waals surface area contributed by atoms with E-state index in [0.717, 1.165) is 0 Å². The number of rotatable bonds is 7. The van der Waals surface area contributed by atoms with Gasteiger partial charge in [0, 0.05) is 19.7 Å². The van der Waals surface area contributed by atoms with Gasteiger partial charge in [0.25, 0.3) is 0 Å². The minimum atomic E-state index is -1.32. The van der Waals surface area contributed by atoms with Gasteiger partial charge in [-0.2, -0.15) is 0 Å². The lowest BCUT2D eigenvalue weighted by Crippen LogP contribution is -2.54. The molecule has 0 aromatic rings. The summed E-state index contributed by atoms with van der Waals surface area (Å²) in [6.45, 7) is 5.65. The number of carbonyl (C=O) groups is 2. The van der Waals surface area contributed by atoms with Gasteiger partial charge in [-0.25, -0.2) is 9.59 Å². The van der Waals surface area contributed by atoms with Crippen molar-refractivity contribution in [3.05, 3.63) is 0 Å². The second kappa shape index (κ2) is 7.88. The number of amides is 2. The molecule has 0 aliphatic rings. The summed E-state index contributed by atoms with van der Waals surface area (Å²) >= 11 is 0. The first-order valence-corrected chi connectivity index (χ1v) is 5.78. The summed E-state index contributed by atoms with van der Waals surface area (Å²) in [6, 6.07) is -1.94. The first-order valence-electron chi connectivity index (χ1n) is 5.78. The Morgan fingerprint density at radius 3 is 2.22 bits per heavy atom. The average Bonchev–Trinajstić information content (AvgIpc) is 2.24. The van der Waals surface area contributed by atoms with E-state index >= 15 is 0 Å². The molecule has 0 aliphatic carbocycles. The van der Waals surface area contributed by atoms with E-state index in [0.29, 0.717) is 13.2 Å². The number of nitrogens with zero attached hydrogens (tertiary/aromatic N) is 1.